The number of ether oxygens (including phenoxy) is 1. The summed E-state index contributed by atoms with van der Waals surface area (Å²) in [6.45, 7) is 0.554. The van der Waals surface area contributed by atoms with Gasteiger partial charge in [0.2, 0.25) is 0 Å². The van der Waals surface area contributed by atoms with Crippen LogP contribution in [0, 0.1) is 17.2 Å². The van der Waals surface area contributed by atoms with Crippen LogP contribution in [0.3, 0.4) is 0 Å². The lowest BCUT2D eigenvalue weighted by Crippen LogP contribution is -2.33. The molecule has 1 saturated heterocycles. The highest BCUT2D eigenvalue weighted by molar-refractivity contribution is 4.97. The van der Waals surface area contributed by atoms with Gasteiger partial charge in [0.25, 0.3) is 0 Å². The highest BCUT2D eigenvalue weighted by Crippen LogP contribution is 2.30. The third-order valence-corrected chi connectivity index (χ3v) is 1.82. The van der Waals surface area contributed by atoms with Crippen molar-refractivity contribution in [3.05, 3.63) is 0 Å². The van der Waals surface area contributed by atoms with E-state index in [1.54, 1.807) is 0 Å². The number of hydrogen-bond acceptors (Lipinski definition) is 2. The van der Waals surface area contributed by atoms with Gasteiger partial charge in [-0.05, 0) is 12.8 Å². The average molecular weight is 161 g/mol. The average Bonchev–Trinajstić information content (AvgIpc) is 2.06. The first-order chi connectivity index (χ1) is 5.17. The number of rotatable bonds is 1. The summed E-state index contributed by atoms with van der Waals surface area (Å²) in [5, 5.41) is 8.09. The molecule has 1 aliphatic rings. The molecule has 2 nitrogen and oxygen atoms in total. The van der Waals surface area contributed by atoms with E-state index in [2.05, 4.69) is 0 Å². The van der Waals surface area contributed by atoms with Crippen LogP contribution < -0.4 is 0 Å². The SMILES string of the molecule is N#CC(F)(F)C1CCCOC1. The summed E-state index contributed by atoms with van der Waals surface area (Å²) in [6, 6.07) is 0.998. The van der Waals surface area contributed by atoms with E-state index in [0.717, 1.165) is 6.07 Å². The number of hydrogen-bond donors (Lipinski definition) is 0. The highest BCUT2D eigenvalue weighted by Gasteiger charge is 2.40. The summed E-state index contributed by atoms with van der Waals surface area (Å²) in [5.74, 6) is -4.11. The van der Waals surface area contributed by atoms with Crippen molar-refractivity contribution in [3.63, 3.8) is 0 Å². The molecule has 1 atom stereocenters. The van der Waals surface area contributed by atoms with Crippen LogP contribution >= 0.6 is 0 Å². The molecule has 0 aromatic heterocycles. The van der Waals surface area contributed by atoms with Gasteiger partial charge in [-0.2, -0.15) is 14.0 Å². The third-order valence-electron chi connectivity index (χ3n) is 1.82. The topological polar surface area (TPSA) is 33.0 Å². The van der Waals surface area contributed by atoms with Gasteiger partial charge in [0.05, 0.1) is 12.5 Å². The Morgan fingerprint density at radius 1 is 1.55 bits per heavy atom. The molecule has 0 bridgehead atoms. The Hall–Kier alpha value is -0.690. The molecule has 0 aromatic carbocycles. The van der Waals surface area contributed by atoms with Crippen LogP contribution in [0.25, 0.3) is 0 Å². The van der Waals surface area contributed by atoms with E-state index >= 15 is 0 Å². The maximum absolute atomic E-state index is 12.6. The quantitative estimate of drug-likeness (QED) is 0.584. The van der Waals surface area contributed by atoms with E-state index in [-0.39, 0.29) is 6.61 Å². The fourth-order valence-corrected chi connectivity index (χ4v) is 1.12. The summed E-state index contributed by atoms with van der Waals surface area (Å²) in [7, 11) is 0. The van der Waals surface area contributed by atoms with Gasteiger partial charge in [-0.3, -0.25) is 0 Å². The fraction of sp³-hybridized carbons (Fsp3) is 0.857. The molecular formula is C7H9F2NO. The van der Waals surface area contributed by atoms with Crippen molar-refractivity contribution in [3.8, 4) is 6.07 Å². The summed E-state index contributed by atoms with van der Waals surface area (Å²) < 4.78 is 30.0. The van der Waals surface area contributed by atoms with Crippen LogP contribution in [0.4, 0.5) is 8.78 Å². The van der Waals surface area contributed by atoms with E-state index in [1.165, 1.54) is 0 Å². The van der Waals surface area contributed by atoms with Crippen LogP contribution in [-0.2, 0) is 4.74 Å². The number of alkyl halides is 2. The Balaban J connectivity index is 2.52. The number of nitrogens with zero attached hydrogens (tertiary/aromatic N) is 1. The van der Waals surface area contributed by atoms with E-state index in [9.17, 15) is 8.78 Å². The molecule has 11 heavy (non-hydrogen) atoms. The normalized spacial score (nSPS) is 26.1. The predicted molar refractivity (Wildman–Crippen MR) is 34.1 cm³/mol. The van der Waals surface area contributed by atoms with Crippen molar-refractivity contribution in [2.75, 3.05) is 13.2 Å². The first-order valence-corrected chi connectivity index (χ1v) is 3.53. The monoisotopic (exact) mass is 161 g/mol. The fourth-order valence-electron chi connectivity index (χ4n) is 1.12. The Morgan fingerprint density at radius 3 is 2.73 bits per heavy atom. The minimum atomic E-state index is -3.21. The summed E-state index contributed by atoms with van der Waals surface area (Å²) in [5.41, 5.74) is 0. The van der Waals surface area contributed by atoms with E-state index in [1.807, 2.05) is 0 Å². The van der Waals surface area contributed by atoms with Crippen LogP contribution in [0.15, 0.2) is 0 Å². The van der Waals surface area contributed by atoms with E-state index < -0.39 is 11.8 Å². The molecule has 0 N–H and O–H groups in total. The Kier molecular flexibility index (Phi) is 2.40. The van der Waals surface area contributed by atoms with Crippen molar-refractivity contribution in [2.24, 2.45) is 5.92 Å². The van der Waals surface area contributed by atoms with Gasteiger partial charge >= 0.3 is 5.92 Å². The first-order valence-electron chi connectivity index (χ1n) is 3.53. The van der Waals surface area contributed by atoms with E-state index in [0.29, 0.717) is 19.4 Å². The molecule has 0 saturated carbocycles. The van der Waals surface area contributed by atoms with Crippen molar-refractivity contribution >= 4 is 0 Å². The van der Waals surface area contributed by atoms with Crippen molar-refractivity contribution in [1.29, 1.82) is 5.26 Å². The summed E-state index contributed by atoms with van der Waals surface area (Å²) in [4.78, 5) is 0. The zero-order valence-electron chi connectivity index (χ0n) is 6.02. The predicted octanol–water partition coefficient (Wildman–Crippen LogP) is 1.57. The van der Waals surface area contributed by atoms with Gasteiger partial charge in [-0.1, -0.05) is 0 Å². The van der Waals surface area contributed by atoms with Gasteiger partial charge in [0.15, 0.2) is 0 Å². The molecule has 0 radical (unpaired) electrons. The third kappa shape index (κ3) is 1.87. The lowest BCUT2D eigenvalue weighted by atomic mass is 9.96. The minimum Gasteiger partial charge on any atom is -0.381 e. The second kappa shape index (κ2) is 3.14. The molecule has 1 fully saturated rings. The summed E-state index contributed by atoms with van der Waals surface area (Å²) >= 11 is 0. The Labute approximate surface area is 63.8 Å². The first kappa shape index (κ1) is 8.41. The van der Waals surface area contributed by atoms with Crippen LogP contribution in [0.2, 0.25) is 0 Å². The zero-order valence-corrected chi connectivity index (χ0v) is 6.02. The van der Waals surface area contributed by atoms with Gasteiger partial charge in [0.1, 0.15) is 6.07 Å². The summed E-state index contributed by atoms with van der Waals surface area (Å²) in [6.07, 6.45) is 1.02. The van der Waals surface area contributed by atoms with Crippen molar-refractivity contribution < 1.29 is 13.5 Å². The highest BCUT2D eigenvalue weighted by atomic mass is 19.3. The molecule has 1 unspecified atom stereocenters. The molecule has 0 aliphatic carbocycles. The van der Waals surface area contributed by atoms with Crippen LogP contribution in [0.1, 0.15) is 12.8 Å². The molecule has 1 aliphatic heterocycles. The Morgan fingerprint density at radius 2 is 2.27 bits per heavy atom. The second-order valence-corrected chi connectivity index (χ2v) is 2.65. The lowest BCUT2D eigenvalue weighted by Gasteiger charge is -2.24. The molecule has 4 heteroatoms. The zero-order chi connectivity index (χ0) is 8.32. The minimum absolute atomic E-state index is 0.0144. The molecule has 62 valence electrons. The van der Waals surface area contributed by atoms with Gasteiger partial charge in [-0.15, -0.1) is 0 Å². The van der Waals surface area contributed by atoms with Crippen molar-refractivity contribution in [2.45, 2.75) is 18.8 Å². The van der Waals surface area contributed by atoms with Crippen LogP contribution in [0.5, 0.6) is 0 Å². The van der Waals surface area contributed by atoms with Crippen molar-refractivity contribution in [1.82, 2.24) is 0 Å². The van der Waals surface area contributed by atoms with Gasteiger partial charge in [-0.25, -0.2) is 0 Å². The van der Waals surface area contributed by atoms with Gasteiger partial charge < -0.3 is 4.74 Å². The maximum Gasteiger partial charge on any atom is 0.336 e. The van der Waals surface area contributed by atoms with E-state index in [4.69, 9.17) is 10.00 Å². The molecule has 0 aromatic rings. The van der Waals surface area contributed by atoms with Gasteiger partial charge in [0, 0.05) is 6.61 Å². The Bertz CT molecular complexity index is 170. The molecular weight excluding hydrogens is 152 g/mol. The maximum atomic E-state index is 12.6. The van der Waals surface area contributed by atoms with Crippen LogP contribution in [-0.4, -0.2) is 19.1 Å². The molecule has 1 heterocycles. The number of nitriles is 1. The molecule has 1 rings (SSSR count). The molecule has 0 spiro atoms. The smallest absolute Gasteiger partial charge is 0.336 e. The number of halogens is 2. The largest absolute Gasteiger partial charge is 0.381 e. The standard InChI is InChI=1S/C7H9F2NO/c8-7(9,5-10)6-2-1-3-11-4-6/h6H,1-4H2. The second-order valence-electron chi connectivity index (χ2n) is 2.65. The lowest BCUT2D eigenvalue weighted by molar-refractivity contribution is -0.0691. The molecule has 0 amide bonds.